The van der Waals surface area contributed by atoms with Crippen molar-refractivity contribution in [2.45, 2.75) is 47.6 Å². The predicted molar refractivity (Wildman–Crippen MR) is 118 cm³/mol. The third-order valence-electron chi connectivity index (χ3n) is 4.62. The number of carbonyl (C=O) groups is 3. The van der Waals surface area contributed by atoms with Gasteiger partial charge in [0, 0.05) is 38.9 Å². The highest BCUT2D eigenvalue weighted by Gasteiger charge is 2.22. The minimum absolute atomic E-state index is 0.157. The molecule has 1 aromatic heterocycles. The van der Waals surface area contributed by atoms with Gasteiger partial charge in [-0.3, -0.25) is 9.78 Å². The Morgan fingerprint density at radius 1 is 1.06 bits per heavy atom. The van der Waals surface area contributed by atoms with Gasteiger partial charge in [0.25, 0.3) is 5.91 Å². The number of carbonyl (C=O) groups excluding carboxylic acids is 3. The zero-order valence-corrected chi connectivity index (χ0v) is 19.8. The van der Waals surface area contributed by atoms with Crippen molar-refractivity contribution in [2.75, 3.05) is 32.7 Å². The Morgan fingerprint density at radius 3 is 2.16 bits per heavy atom. The normalized spacial score (nSPS) is 11.6. The topological polar surface area (TPSA) is 107 Å². The molecular weight excluding hydrogens is 424 g/mol. The molecule has 1 rings (SSSR count). The van der Waals surface area contributed by atoms with E-state index >= 15 is 0 Å². The number of hydroxylamine groups is 2. The van der Waals surface area contributed by atoms with Crippen LogP contribution >= 0.6 is 11.6 Å². The molecule has 0 saturated heterocycles. The van der Waals surface area contributed by atoms with E-state index in [0.717, 1.165) is 5.01 Å². The van der Waals surface area contributed by atoms with Crippen molar-refractivity contribution < 1.29 is 19.2 Å². The van der Waals surface area contributed by atoms with Crippen LogP contribution in [-0.4, -0.2) is 70.7 Å². The van der Waals surface area contributed by atoms with Crippen molar-refractivity contribution in [3.63, 3.8) is 0 Å². The van der Waals surface area contributed by atoms with Gasteiger partial charge in [-0.2, -0.15) is 0 Å². The van der Waals surface area contributed by atoms with Crippen LogP contribution in [0, 0.1) is 0 Å². The second kappa shape index (κ2) is 13.0. The molecule has 0 spiro atoms. The van der Waals surface area contributed by atoms with Crippen LogP contribution in [0.5, 0.6) is 0 Å². The zero-order chi connectivity index (χ0) is 23.6. The Labute approximate surface area is 188 Å². The maximum atomic E-state index is 12.6. The average Bonchev–Trinajstić information content (AvgIpc) is 2.76. The summed E-state index contributed by atoms with van der Waals surface area (Å²) in [5.74, 6) is -0.157. The van der Waals surface area contributed by atoms with E-state index in [0.29, 0.717) is 37.4 Å². The Balaban J connectivity index is 2.82. The van der Waals surface area contributed by atoms with Gasteiger partial charge in [-0.25, -0.2) is 20.0 Å². The number of amides is 4. The largest absolute Gasteiger partial charge is 0.445 e. The molecular formula is C20H33ClN6O4. The van der Waals surface area contributed by atoms with Crippen LogP contribution in [0.3, 0.4) is 0 Å². The number of hydrogen-bond donors (Lipinski definition) is 2. The molecule has 1 unspecified atom stereocenters. The van der Waals surface area contributed by atoms with Gasteiger partial charge in [0.2, 0.25) is 0 Å². The molecule has 11 heteroatoms. The summed E-state index contributed by atoms with van der Waals surface area (Å²) in [7, 11) is 0. The van der Waals surface area contributed by atoms with E-state index < -0.39 is 18.2 Å². The van der Waals surface area contributed by atoms with E-state index in [9.17, 15) is 14.4 Å². The monoisotopic (exact) mass is 456 g/mol. The number of urea groups is 1. The van der Waals surface area contributed by atoms with Crippen molar-refractivity contribution in [3.8, 4) is 0 Å². The Bertz CT molecular complexity index is 755. The van der Waals surface area contributed by atoms with Gasteiger partial charge >= 0.3 is 12.1 Å². The Kier molecular flexibility index (Phi) is 11.1. The van der Waals surface area contributed by atoms with Gasteiger partial charge in [0.05, 0.1) is 22.3 Å². The van der Waals surface area contributed by atoms with Crippen molar-refractivity contribution >= 4 is 29.6 Å². The molecule has 2 N–H and O–H groups in total. The number of rotatable bonds is 9. The Hall–Kier alpha value is -2.59. The van der Waals surface area contributed by atoms with E-state index in [1.807, 2.05) is 27.7 Å². The quantitative estimate of drug-likeness (QED) is 0.552. The van der Waals surface area contributed by atoms with Crippen molar-refractivity contribution in [3.05, 3.63) is 28.5 Å². The van der Waals surface area contributed by atoms with Crippen LogP contribution in [0.1, 0.15) is 63.6 Å². The first-order valence-electron chi connectivity index (χ1n) is 10.5. The molecule has 0 fully saturated rings. The maximum absolute atomic E-state index is 12.6. The number of nitrogens with one attached hydrogen (secondary N) is 2. The minimum Gasteiger partial charge on any atom is -0.350 e. The summed E-state index contributed by atoms with van der Waals surface area (Å²) in [6.07, 6.45) is 0.686. The molecule has 10 nitrogen and oxygen atoms in total. The lowest BCUT2D eigenvalue weighted by molar-refractivity contribution is -0.0967. The second-order valence-corrected chi connectivity index (χ2v) is 7.00. The third-order valence-corrected chi connectivity index (χ3v) is 4.93. The fourth-order valence-electron chi connectivity index (χ4n) is 2.78. The Morgan fingerprint density at radius 2 is 1.68 bits per heavy atom. The van der Waals surface area contributed by atoms with Crippen molar-refractivity contribution in [2.24, 2.45) is 0 Å². The number of pyridine rings is 1. The van der Waals surface area contributed by atoms with E-state index in [4.69, 9.17) is 16.4 Å². The number of nitrogens with zero attached hydrogens (tertiary/aromatic N) is 4. The molecule has 0 saturated carbocycles. The van der Waals surface area contributed by atoms with E-state index in [2.05, 4.69) is 15.7 Å². The summed E-state index contributed by atoms with van der Waals surface area (Å²) < 4.78 is 0. The van der Waals surface area contributed by atoms with Gasteiger partial charge in [-0.05, 0) is 47.6 Å². The van der Waals surface area contributed by atoms with Crippen LogP contribution in [-0.2, 0) is 4.84 Å². The summed E-state index contributed by atoms with van der Waals surface area (Å²) >= 11 is 6.34. The van der Waals surface area contributed by atoms with Crippen LogP contribution < -0.4 is 10.7 Å². The summed E-state index contributed by atoms with van der Waals surface area (Å²) in [5.41, 5.74) is 3.19. The highest BCUT2D eigenvalue weighted by atomic mass is 35.5. The average molecular weight is 457 g/mol. The summed E-state index contributed by atoms with van der Waals surface area (Å²) in [6, 6.07) is 0.435. The van der Waals surface area contributed by atoms with Crippen LogP contribution in [0.25, 0.3) is 0 Å². The predicted octanol–water partition coefficient (Wildman–Crippen LogP) is 3.21. The lowest BCUT2D eigenvalue weighted by Gasteiger charge is -2.25. The molecule has 31 heavy (non-hydrogen) atoms. The third kappa shape index (κ3) is 7.55. The number of aromatic nitrogens is 1. The van der Waals surface area contributed by atoms with Crippen molar-refractivity contribution in [1.29, 1.82) is 0 Å². The van der Waals surface area contributed by atoms with Crippen molar-refractivity contribution in [1.82, 2.24) is 30.7 Å². The van der Waals surface area contributed by atoms with Gasteiger partial charge in [-0.15, -0.1) is 5.06 Å². The number of halogens is 1. The lowest BCUT2D eigenvalue weighted by Crippen LogP contribution is -2.52. The van der Waals surface area contributed by atoms with Crippen LogP contribution in [0.15, 0.2) is 12.3 Å². The first-order valence-corrected chi connectivity index (χ1v) is 10.9. The first kappa shape index (κ1) is 26.4. The summed E-state index contributed by atoms with van der Waals surface area (Å²) in [4.78, 5) is 48.1. The highest BCUT2D eigenvalue weighted by molar-refractivity contribution is 6.31. The molecule has 1 aromatic rings. The van der Waals surface area contributed by atoms with Crippen LogP contribution in [0.2, 0.25) is 5.02 Å². The van der Waals surface area contributed by atoms with Gasteiger partial charge in [0.1, 0.15) is 0 Å². The molecule has 174 valence electrons. The van der Waals surface area contributed by atoms with Crippen LogP contribution in [0.4, 0.5) is 9.59 Å². The van der Waals surface area contributed by atoms with Gasteiger partial charge in [0.15, 0.2) is 0 Å². The van der Waals surface area contributed by atoms with E-state index in [1.165, 1.54) is 11.3 Å². The molecule has 1 atom stereocenters. The standard InChI is InChI=1S/C20H33ClN6O4/c1-7-25(8-2)18(28)15-12-16(21)17(22-13-15)14(6)23-19(29)27(11-5)24-20(30)31-26(9-3)10-4/h12-14H,7-11H2,1-6H3,(H,23,29)(H,24,30). The minimum atomic E-state index is -0.760. The first-order chi connectivity index (χ1) is 14.7. The molecule has 0 aliphatic carbocycles. The van der Waals surface area contributed by atoms with Gasteiger partial charge < -0.3 is 15.1 Å². The fraction of sp³-hybridized carbons (Fsp3) is 0.600. The molecule has 0 radical (unpaired) electrons. The van der Waals surface area contributed by atoms with Gasteiger partial charge in [-0.1, -0.05) is 11.6 Å². The number of hydrazine groups is 1. The molecule has 0 aliphatic rings. The zero-order valence-electron chi connectivity index (χ0n) is 19.1. The summed E-state index contributed by atoms with van der Waals surface area (Å²) in [5, 5.41) is 5.54. The molecule has 0 aliphatic heterocycles. The molecule has 0 aromatic carbocycles. The lowest BCUT2D eigenvalue weighted by atomic mass is 10.1. The molecule has 4 amide bonds. The fourth-order valence-corrected chi connectivity index (χ4v) is 3.11. The molecule has 0 bridgehead atoms. The van der Waals surface area contributed by atoms with E-state index in [1.54, 1.807) is 24.8 Å². The van der Waals surface area contributed by atoms with E-state index in [-0.39, 0.29) is 17.5 Å². The highest BCUT2D eigenvalue weighted by Crippen LogP contribution is 2.22. The smallest absolute Gasteiger partial charge is 0.350 e. The molecule has 1 heterocycles. The maximum Gasteiger partial charge on any atom is 0.445 e. The number of hydrogen-bond acceptors (Lipinski definition) is 6. The SMILES string of the molecule is CCN(CC)OC(=O)NN(CC)C(=O)NC(C)c1ncc(C(=O)N(CC)CC)cc1Cl. The second-order valence-electron chi connectivity index (χ2n) is 6.59. The summed E-state index contributed by atoms with van der Waals surface area (Å²) in [6.45, 7) is 13.3.